The van der Waals surface area contributed by atoms with Crippen LogP contribution >= 0.6 is 0 Å². The Balaban J connectivity index is 3.99. The Labute approximate surface area is 85.2 Å². The van der Waals surface area contributed by atoms with Gasteiger partial charge in [0, 0.05) is 0 Å². The highest BCUT2D eigenvalue weighted by Crippen LogP contribution is 2.07. The van der Waals surface area contributed by atoms with E-state index in [1.807, 2.05) is 13.0 Å². The van der Waals surface area contributed by atoms with Crippen molar-refractivity contribution >= 4 is 6.09 Å². The molecule has 0 heterocycles. The Bertz CT molecular complexity index is 225. The maximum atomic E-state index is 11.2. The third kappa shape index (κ3) is 6.30. The highest BCUT2D eigenvalue weighted by atomic mass is 16.6. The summed E-state index contributed by atoms with van der Waals surface area (Å²) in [6.07, 6.45) is 0.974. The molecule has 0 saturated heterocycles. The molecule has 0 aromatic heterocycles. The van der Waals surface area contributed by atoms with Gasteiger partial charge in [0.25, 0.3) is 0 Å². The summed E-state index contributed by atoms with van der Waals surface area (Å²) in [4.78, 5) is 11.2. The molecule has 0 saturated carbocycles. The van der Waals surface area contributed by atoms with Gasteiger partial charge in [0.1, 0.15) is 11.6 Å². The summed E-state index contributed by atoms with van der Waals surface area (Å²) >= 11 is 0. The number of nitriles is 1. The molecule has 4 heteroatoms. The maximum Gasteiger partial charge on any atom is 0.408 e. The maximum absolute atomic E-state index is 11.2. The van der Waals surface area contributed by atoms with Crippen LogP contribution in [-0.4, -0.2) is 17.7 Å². The lowest BCUT2D eigenvalue weighted by atomic mass is 10.2. The van der Waals surface area contributed by atoms with E-state index in [1.54, 1.807) is 20.8 Å². The van der Waals surface area contributed by atoms with E-state index in [-0.39, 0.29) is 0 Å². The average Bonchev–Trinajstić information content (AvgIpc) is 2.00. The van der Waals surface area contributed by atoms with Gasteiger partial charge in [0.2, 0.25) is 0 Å². The van der Waals surface area contributed by atoms with Gasteiger partial charge in [-0.2, -0.15) is 5.26 Å². The first-order valence-electron chi connectivity index (χ1n) is 4.78. The summed E-state index contributed by atoms with van der Waals surface area (Å²) in [6, 6.07) is 1.56. The molecule has 0 fully saturated rings. The molecule has 0 aliphatic carbocycles. The highest BCUT2D eigenvalue weighted by Gasteiger charge is 2.18. The minimum absolute atomic E-state index is 0.449. The third-order valence-corrected chi connectivity index (χ3v) is 1.42. The quantitative estimate of drug-likeness (QED) is 0.756. The van der Waals surface area contributed by atoms with E-state index in [0.717, 1.165) is 6.42 Å². The molecule has 0 aromatic carbocycles. The zero-order chi connectivity index (χ0) is 11.2. The molecule has 1 amide bonds. The molecule has 0 rings (SSSR count). The minimum atomic E-state index is -0.530. The number of alkyl carbamates (subject to hydrolysis) is 1. The molecule has 0 spiro atoms. The van der Waals surface area contributed by atoms with E-state index in [0.29, 0.717) is 6.42 Å². The Morgan fingerprint density at radius 3 is 2.50 bits per heavy atom. The van der Waals surface area contributed by atoms with Gasteiger partial charge >= 0.3 is 6.09 Å². The van der Waals surface area contributed by atoms with Crippen molar-refractivity contribution in [2.75, 3.05) is 0 Å². The lowest BCUT2D eigenvalue weighted by Gasteiger charge is -2.20. The summed E-state index contributed by atoms with van der Waals surface area (Å²) in [6.45, 7) is 7.32. The fraction of sp³-hybridized carbons (Fsp3) is 0.800. The second-order valence-electron chi connectivity index (χ2n) is 4.12. The van der Waals surface area contributed by atoms with Crippen LogP contribution in [-0.2, 0) is 4.74 Å². The molecule has 1 atom stereocenters. The van der Waals surface area contributed by atoms with E-state index >= 15 is 0 Å². The van der Waals surface area contributed by atoms with Crippen molar-refractivity contribution in [1.82, 2.24) is 5.32 Å². The zero-order valence-electron chi connectivity index (χ0n) is 9.26. The van der Waals surface area contributed by atoms with Crippen molar-refractivity contribution in [1.29, 1.82) is 5.26 Å². The number of hydrogen-bond acceptors (Lipinski definition) is 3. The van der Waals surface area contributed by atoms with Gasteiger partial charge in [-0.15, -0.1) is 0 Å². The predicted molar refractivity (Wildman–Crippen MR) is 53.7 cm³/mol. The van der Waals surface area contributed by atoms with Crippen LogP contribution in [0, 0.1) is 11.3 Å². The monoisotopic (exact) mass is 198 g/mol. The van der Waals surface area contributed by atoms with Crippen molar-refractivity contribution < 1.29 is 9.53 Å². The molecule has 0 aliphatic rings. The molecule has 0 bridgehead atoms. The van der Waals surface area contributed by atoms with Crippen molar-refractivity contribution in [3.05, 3.63) is 0 Å². The SMILES string of the molecule is CCC[C@H](C#N)NC(=O)OC(C)(C)C. The molecule has 14 heavy (non-hydrogen) atoms. The molecule has 1 N–H and O–H groups in total. The fourth-order valence-electron chi connectivity index (χ4n) is 0.907. The van der Waals surface area contributed by atoms with Gasteiger partial charge in [0.05, 0.1) is 6.07 Å². The molecule has 0 radical (unpaired) electrons. The first-order chi connectivity index (χ1) is 6.39. The Morgan fingerprint density at radius 1 is 1.57 bits per heavy atom. The van der Waals surface area contributed by atoms with Gasteiger partial charge in [-0.05, 0) is 27.2 Å². The van der Waals surface area contributed by atoms with Gasteiger partial charge in [-0.25, -0.2) is 4.79 Å². The van der Waals surface area contributed by atoms with E-state index in [1.165, 1.54) is 0 Å². The minimum Gasteiger partial charge on any atom is -0.444 e. The second kappa shape index (κ2) is 5.48. The molecule has 0 aliphatic heterocycles. The first-order valence-corrected chi connectivity index (χ1v) is 4.78. The zero-order valence-corrected chi connectivity index (χ0v) is 9.26. The number of ether oxygens (including phenoxy) is 1. The summed E-state index contributed by atoms with van der Waals surface area (Å²) in [5, 5.41) is 11.2. The van der Waals surface area contributed by atoms with Gasteiger partial charge in [-0.3, -0.25) is 0 Å². The second-order valence-corrected chi connectivity index (χ2v) is 4.12. The number of carbonyl (C=O) groups excluding carboxylic acids is 1. The van der Waals surface area contributed by atoms with Crippen molar-refractivity contribution in [2.45, 2.75) is 52.2 Å². The molecule has 0 aromatic rings. The van der Waals surface area contributed by atoms with Crippen LogP contribution in [0.5, 0.6) is 0 Å². The summed E-state index contributed by atoms with van der Waals surface area (Å²) in [7, 11) is 0. The van der Waals surface area contributed by atoms with E-state index < -0.39 is 17.7 Å². The summed E-state index contributed by atoms with van der Waals surface area (Å²) < 4.78 is 5.02. The molecule has 80 valence electrons. The van der Waals surface area contributed by atoms with Gasteiger partial charge in [0.15, 0.2) is 0 Å². The van der Waals surface area contributed by atoms with Crippen LogP contribution in [0.1, 0.15) is 40.5 Å². The molecular weight excluding hydrogens is 180 g/mol. The van der Waals surface area contributed by atoms with Crippen molar-refractivity contribution in [3.8, 4) is 6.07 Å². The fourth-order valence-corrected chi connectivity index (χ4v) is 0.907. The standard InChI is InChI=1S/C10H18N2O2/c1-5-6-8(7-11)12-9(13)14-10(2,3)4/h8H,5-6H2,1-4H3,(H,12,13)/t8-/m1/s1. The van der Waals surface area contributed by atoms with Crippen molar-refractivity contribution in [3.63, 3.8) is 0 Å². The van der Waals surface area contributed by atoms with E-state index in [4.69, 9.17) is 10.00 Å². The van der Waals surface area contributed by atoms with E-state index in [2.05, 4.69) is 5.32 Å². The van der Waals surface area contributed by atoms with Crippen LogP contribution in [0.15, 0.2) is 0 Å². The normalized spacial score (nSPS) is 12.8. The van der Waals surface area contributed by atoms with Gasteiger partial charge < -0.3 is 10.1 Å². The molecule has 4 nitrogen and oxygen atoms in total. The molecular formula is C10H18N2O2. The topological polar surface area (TPSA) is 62.1 Å². The van der Waals surface area contributed by atoms with Crippen LogP contribution in [0.4, 0.5) is 4.79 Å². The summed E-state index contributed by atoms with van der Waals surface area (Å²) in [5.74, 6) is 0. The van der Waals surface area contributed by atoms with Crippen LogP contribution in [0.2, 0.25) is 0 Å². The Hall–Kier alpha value is -1.24. The third-order valence-electron chi connectivity index (χ3n) is 1.42. The van der Waals surface area contributed by atoms with Crippen LogP contribution in [0.3, 0.4) is 0 Å². The number of nitrogens with one attached hydrogen (secondary N) is 1. The van der Waals surface area contributed by atoms with Gasteiger partial charge in [-0.1, -0.05) is 13.3 Å². The lowest BCUT2D eigenvalue weighted by molar-refractivity contribution is 0.0514. The first kappa shape index (κ1) is 12.8. The number of carbonyl (C=O) groups is 1. The molecule has 0 unspecified atom stereocenters. The predicted octanol–water partition coefficient (Wildman–Crippen LogP) is 2.20. The highest BCUT2D eigenvalue weighted by molar-refractivity contribution is 5.68. The Morgan fingerprint density at radius 2 is 2.14 bits per heavy atom. The van der Waals surface area contributed by atoms with Crippen molar-refractivity contribution in [2.24, 2.45) is 0 Å². The largest absolute Gasteiger partial charge is 0.444 e. The average molecular weight is 198 g/mol. The number of rotatable bonds is 3. The smallest absolute Gasteiger partial charge is 0.408 e. The lowest BCUT2D eigenvalue weighted by Crippen LogP contribution is -2.38. The number of amides is 1. The van der Waals surface area contributed by atoms with Crippen LogP contribution in [0.25, 0.3) is 0 Å². The summed E-state index contributed by atoms with van der Waals surface area (Å²) in [5.41, 5.74) is -0.518. The van der Waals surface area contributed by atoms with Crippen LogP contribution < -0.4 is 5.32 Å². The number of hydrogen-bond donors (Lipinski definition) is 1. The number of nitrogens with zero attached hydrogens (tertiary/aromatic N) is 1. The Kier molecular flexibility index (Phi) is 5.00. The van der Waals surface area contributed by atoms with E-state index in [9.17, 15) is 4.79 Å².